The smallest absolute Gasteiger partial charge is 0.319 e. The molecule has 1 heterocycles. The first kappa shape index (κ1) is 25.6. The fourth-order valence-corrected chi connectivity index (χ4v) is 3.19. The van der Waals surface area contributed by atoms with E-state index in [9.17, 15) is 13.2 Å². The number of urea groups is 1. The molecule has 6 N–H and O–H groups in total. The number of carbonyl (C=O) groups is 1. The first-order chi connectivity index (χ1) is 15.3. The monoisotopic (exact) mass is 470 g/mol. The number of nitrogens with one attached hydrogen (secondary N) is 2. The predicted octanol–water partition coefficient (Wildman–Crippen LogP) is 2.85. The standard InChI is InChI=1S/C23H30N6O3S/c1-15(24)13-20(23(3,4)33(5,31)32)29-21(25)17-8-10-19(11-9-17)28-22(30)27-16(2)18-7-6-12-26-14-18/h6-14,16H,1,24H2,2-5H3,(H2,25,29)(H2,27,28,30)/b20-13-. The third-order valence-corrected chi connectivity index (χ3v) is 7.14. The number of hydrogen-bond acceptors (Lipinski definition) is 6. The maximum Gasteiger partial charge on any atom is 0.319 e. The van der Waals surface area contributed by atoms with Gasteiger partial charge in [-0.15, -0.1) is 0 Å². The van der Waals surface area contributed by atoms with Gasteiger partial charge in [-0.1, -0.05) is 12.6 Å². The molecule has 1 aromatic heterocycles. The maximum absolute atomic E-state index is 12.3. The zero-order chi connectivity index (χ0) is 24.8. The second-order valence-electron chi connectivity index (χ2n) is 8.07. The third kappa shape index (κ3) is 6.91. The van der Waals surface area contributed by atoms with Crippen LogP contribution >= 0.6 is 0 Å². The minimum Gasteiger partial charge on any atom is -0.399 e. The summed E-state index contributed by atoms with van der Waals surface area (Å²) >= 11 is 0. The quantitative estimate of drug-likeness (QED) is 0.264. The molecule has 0 fully saturated rings. The van der Waals surface area contributed by atoms with Crippen molar-refractivity contribution < 1.29 is 13.2 Å². The SMILES string of the molecule is C=C(N)/C=C(\N=C(N)c1ccc(NC(=O)NC(C)c2cccnc2)cc1)C(C)(C)S(C)(=O)=O. The number of hydrogen-bond donors (Lipinski definition) is 4. The zero-order valence-electron chi connectivity index (χ0n) is 19.2. The summed E-state index contributed by atoms with van der Waals surface area (Å²) in [6, 6.07) is 9.75. The lowest BCUT2D eigenvalue weighted by molar-refractivity contribution is 0.249. The van der Waals surface area contributed by atoms with E-state index in [4.69, 9.17) is 11.5 Å². The molecule has 1 unspecified atom stereocenters. The Morgan fingerprint density at radius 3 is 2.36 bits per heavy atom. The van der Waals surface area contributed by atoms with Crippen molar-refractivity contribution in [3.05, 3.63) is 84.0 Å². The Balaban J connectivity index is 2.16. The molecule has 2 rings (SSSR count). The summed E-state index contributed by atoms with van der Waals surface area (Å²) in [6.07, 6.45) is 5.86. The minimum absolute atomic E-state index is 0.0976. The molecule has 2 aromatic rings. The second kappa shape index (κ2) is 10.3. The summed E-state index contributed by atoms with van der Waals surface area (Å²) in [5, 5.41) is 5.58. The van der Waals surface area contributed by atoms with Crippen molar-refractivity contribution >= 4 is 27.4 Å². The van der Waals surface area contributed by atoms with Crippen LogP contribution in [0.1, 0.15) is 37.9 Å². The van der Waals surface area contributed by atoms with E-state index in [0.29, 0.717) is 11.3 Å². The number of nitrogens with two attached hydrogens (primary N) is 2. The number of amidine groups is 1. The summed E-state index contributed by atoms with van der Waals surface area (Å²) < 4.78 is 23.1. The average molecular weight is 471 g/mol. The summed E-state index contributed by atoms with van der Waals surface area (Å²) in [5.41, 5.74) is 14.1. The molecule has 0 aliphatic rings. The van der Waals surface area contributed by atoms with Gasteiger partial charge in [0.15, 0.2) is 9.84 Å². The van der Waals surface area contributed by atoms with Crippen molar-refractivity contribution in [3.8, 4) is 0 Å². The summed E-state index contributed by atoms with van der Waals surface area (Å²) in [7, 11) is -3.51. The van der Waals surface area contributed by atoms with E-state index in [1.165, 1.54) is 19.9 Å². The highest BCUT2D eigenvalue weighted by Gasteiger charge is 2.35. The molecular formula is C23H30N6O3S. The number of aliphatic imine (C=N–C) groups is 1. The predicted molar refractivity (Wildman–Crippen MR) is 132 cm³/mol. The topological polar surface area (TPSA) is 153 Å². The van der Waals surface area contributed by atoms with Crippen molar-refractivity contribution in [3.63, 3.8) is 0 Å². The Morgan fingerprint density at radius 2 is 1.85 bits per heavy atom. The van der Waals surface area contributed by atoms with Gasteiger partial charge in [0.2, 0.25) is 0 Å². The fraction of sp³-hybridized carbons (Fsp3) is 0.261. The number of pyridine rings is 1. The van der Waals surface area contributed by atoms with E-state index in [2.05, 4.69) is 27.2 Å². The third-order valence-electron chi connectivity index (χ3n) is 5.08. The molecule has 1 atom stereocenters. The molecule has 0 aliphatic heterocycles. The maximum atomic E-state index is 12.3. The molecule has 0 saturated carbocycles. The van der Waals surface area contributed by atoms with Crippen LogP contribution in [0.3, 0.4) is 0 Å². The molecule has 9 nitrogen and oxygen atoms in total. The van der Waals surface area contributed by atoms with Crippen LogP contribution in [0.15, 0.2) is 77.8 Å². The van der Waals surface area contributed by atoms with Crippen molar-refractivity contribution in [2.45, 2.75) is 31.6 Å². The average Bonchev–Trinajstić information content (AvgIpc) is 2.73. The highest BCUT2D eigenvalue weighted by atomic mass is 32.2. The van der Waals surface area contributed by atoms with Gasteiger partial charge in [-0.05, 0) is 62.7 Å². The van der Waals surface area contributed by atoms with E-state index in [-0.39, 0.29) is 29.3 Å². The lowest BCUT2D eigenvalue weighted by Gasteiger charge is -2.23. The normalized spacial score (nSPS) is 13.8. The van der Waals surface area contributed by atoms with Gasteiger partial charge in [0.1, 0.15) is 10.6 Å². The molecule has 1 aromatic carbocycles. The highest BCUT2D eigenvalue weighted by Crippen LogP contribution is 2.27. The van der Waals surface area contributed by atoms with Crippen molar-refractivity contribution in [1.82, 2.24) is 10.3 Å². The van der Waals surface area contributed by atoms with Crippen LogP contribution in [0.4, 0.5) is 10.5 Å². The molecular weight excluding hydrogens is 440 g/mol. The molecule has 33 heavy (non-hydrogen) atoms. The number of sulfone groups is 1. The number of allylic oxidation sites excluding steroid dienone is 1. The molecule has 0 aliphatic carbocycles. The number of anilines is 1. The number of carbonyl (C=O) groups excluding carboxylic acids is 1. The number of nitrogens with zero attached hydrogens (tertiary/aromatic N) is 2. The Hall–Kier alpha value is -3.66. The summed E-state index contributed by atoms with van der Waals surface area (Å²) in [4.78, 5) is 20.7. The molecule has 2 amide bonds. The van der Waals surface area contributed by atoms with E-state index < -0.39 is 14.6 Å². The molecule has 0 bridgehead atoms. The minimum atomic E-state index is -3.51. The number of rotatable bonds is 8. The summed E-state index contributed by atoms with van der Waals surface area (Å²) in [6.45, 7) is 8.49. The van der Waals surface area contributed by atoms with Crippen LogP contribution < -0.4 is 22.1 Å². The van der Waals surface area contributed by atoms with Gasteiger partial charge in [-0.3, -0.25) is 4.98 Å². The van der Waals surface area contributed by atoms with E-state index in [0.717, 1.165) is 11.8 Å². The van der Waals surface area contributed by atoms with Crippen molar-refractivity contribution in [2.24, 2.45) is 16.5 Å². The van der Waals surface area contributed by atoms with Crippen LogP contribution in [0.2, 0.25) is 0 Å². The Bertz CT molecular complexity index is 1170. The summed E-state index contributed by atoms with van der Waals surface area (Å²) in [5.74, 6) is 0.0976. The van der Waals surface area contributed by atoms with Crippen LogP contribution in [-0.2, 0) is 9.84 Å². The van der Waals surface area contributed by atoms with E-state index in [1.54, 1.807) is 42.7 Å². The van der Waals surface area contributed by atoms with Gasteiger partial charge >= 0.3 is 6.03 Å². The Morgan fingerprint density at radius 1 is 1.21 bits per heavy atom. The van der Waals surface area contributed by atoms with Crippen LogP contribution in [0.25, 0.3) is 0 Å². The second-order valence-corrected chi connectivity index (χ2v) is 10.6. The van der Waals surface area contributed by atoms with E-state index in [1.807, 2.05) is 13.0 Å². The first-order valence-corrected chi connectivity index (χ1v) is 12.0. The van der Waals surface area contributed by atoms with Gasteiger partial charge in [0.05, 0.1) is 11.7 Å². The zero-order valence-corrected chi connectivity index (χ0v) is 20.0. The van der Waals surface area contributed by atoms with Crippen molar-refractivity contribution in [2.75, 3.05) is 11.6 Å². The molecule has 10 heteroatoms. The molecule has 0 radical (unpaired) electrons. The number of amides is 2. The highest BCUT2D eigenvalue weighted by molar-refractivity contribution is 7.92. The molecule has 176 valence electrons. The Kier molecular flexibility index (Phi) is 7.99. The molecule has 0 saturated heterocycles. The van der Waals surface area contributed by atoms with Crippen LogP contribution in [0.5, 0.6) is 0 Å². The van der Waals surface area contributed by atoms with E-state index >= 15 is 0 Å². The Labute approximate surface area is 194 Å². The number of benzene rings is 1. The number of aromatic nitrogens is 1. The van der Waals surface area contributed by atoms with Gasteiger partial charge < -0.3 is 22.1 Å². The van der Waals surface area contributed by atoms with Crippen LogP contribution in [0, 0.1) is 0 Å². The molecule has 0 spiro atoms. The fourth-order valence-electron chi connectivity index (χ4n) is 2.70. The van der Waals surface area contributed by atoms with Gasteiger partial charge in [0.25, 0.3) is 0 Å². The first-order valence-electron chi connectivity index (χ1n) is 10.1. The van der Waals surface area contributed by atoms with Gasteiger partial charge in [0, 0.05) is 35.6 Å². The van der Waals surface area contributed by atoms with Gasteiger partial charge in [-0.25, -0.2) is 18.2 Å². The van der Waals surface area contributed by atoms with Gasteiger partial charge in [-0.2, -0.15) is 0 Å². The van der Waals surface area contributed by atoms with Crippen LogP contribution in [-0.4, -0.2) is 36.3 Å². The lowest BCUT2D eigenvalue weighted by Crippen LogP contribution is -2.34. The lowest BCUT2D eigenvalue weighted by atomic mass is 10.1. The van der Waals surface area contributed by atoms with Crippen molar-refractivity contribution in [1.29, 1.82) is 0 Å². The largest absolute Gasteiger partial charge is 0.399 e.